The van der Waals surface area contributed by atoms with Crippen LogP contribution in [-0.2, 0) is 10.3 Å². The van der Waals surface area contributed by atoms with E-state index in [0.29, 0.717) is 11.3 Å². The maximum absolute atomic E-state index is 12.2. The van der Waals surface area contributed by atoms with Crippen molar-refractivity contribution in [1.82, 2.24) is 5.32 Å². The molecule has 1 aliphatic carbocycles. The first-order valence-corrected chi connectivity index (χ1v) is 6.47. The number of nitrogens with one attached hydrogen (secondary N) is 1. The molecule has 1 aromatic carbocycles. The molecular formula is C15H22N2O. The predicted molar refractivity (Wildman–Crippen MR) is 72.9 cm³/mol. The lowest BCUT2D eigenvalue weighted by Crippen LogP contribution is -2.49. The van der Waals surface area contributed by atoms with Crippen molar-refractivity contribution in [1.29, 1.82) is 0 Å². The summed E-state index contributed by atoms with van der Waals surface area (Å²) in [6, 6.07) is 9.50. The summed E-state index contributed by atoms with van der Waals surface area (Å²) in [6.45, 7) is 6.94. The van der Waals surface area contributed by atoms with E-state index in [-0.39, 0.29) is 5.91 Å². The van der Waals surface area contributed by atoms with Crippen molar-refractivity contribution in [2.75, 3.05) is 6.54 Å². The topological polar surface area (TPSA) is 55.1 Å². The highest BCUT2D eigenvalue weighted by atomic mass is 16.2. The van der Waals surface area contributed by atoms with Crippen molar-refractivity contribution >= 4 is 5.91 Å². The highest BCUT2D eigenvalue weighted by Gasteiger charge is 2.45. The van der Waals surface area contributed by atoms with Crippen LogP contribution in [0.2, 0.25) is 0 Å². The summed E-state index contributed by atoms with van der Waals surface area (Å²) in [6.07, 6.45) is 1.18. The minimum absolute atomic E-state index is 0.101. The van der Waals surface area contributed by atoms with E-state index in [2.05, 4.69) is 19.2 Å². The molecule has 3 N–H and O–H groups in total. The Morgan fingerprint density at radius 3 is 2.50 bits per heavy atom. The monoisotopic (exact) mass is 246 g/mol. The van der Waals surface area contributed by atoms with Crippen LogP contribution in [0.1, 0.15) is 32.8 Å². The van der Waals surface area contributed by atoms with Gasteiger partial charge in [-0.05, 0) is 30.2 Å². The molecule has 2 unspecified atom stereocenters. The zero-order valence-corrected chi connectivity index (χ0v) is 11.4. The van der Waals surface area contributed by atoms with Crippen LogP contribution < -0.4 is 11.1 Å². The maximum Gasteiger partial charge on any atom is 0.244 e. The molecular weight excluding hydrogens is 224 g/mol. The molecule has 1 aromatic rings. The first-order chi connectivity index (χ1) is 8.34. The largest absolute Gasteiger partial charge is 0.354 e. The third-order valence-corrected chi connectivity index (χ3v) is 4.07. The lowest BCUT2D eigenvalue weighted by atomic mass is 9.92. The van der Waals surface area contributed by atoms with Gasteiger partial charge in [0.1, 0.15) is 5.54 Å². The summed E-state index contributed by atoms with van der Waals surface area (Å²) in [5.74, 6) is 0.490. The first-order valence-electron chi connectivity index (χ1n) is 6.47. The zero-order chi connectivity index (χ0) is 13.4. The van der Waals surface area contributed by atoms with Crippen LogP contribution in [0.15, 0.2) is 30.3 Å². The molecule has 1 aliphatic rings. The number of hydrogen-bond acceptors (Lipinski definition) is 2. The quantitative estimate of drug-likeness (QED) is 0.854. The number of benzene rings is 1. The van der Waals surface area contributed by atoms with Crippen molar-refractivity contribution < 1.29 is 4.79 Å². The third kappa shape index (κ3) is 2.56. The van der Waals surface area contributed by atoms with Crippen LogP contribution in [0.4, 0.5) is 0 Å². The smallest absolute Gasteiger partial charge is 0.244 e. The Morgan fingerprint density at radius 2 is 2.00 bits per heavy atom. The molecule has 0 radical (unpaired) electrons. The molecule has 3 nitrogen and oxygen atoms in total. The Bertz CT molecular complexity index is 437. The van der Waals surface area contributed by atoms with Gasteiger partial charge in [-0.25, -0.2) is 0 Å². The minimum atomic E-state index is -0.958. The van der Waals surface area contributed by atoms with Crippen LogP contribution in [0.3, 0.4) is 0 Å². The highest BCUT2D eigenvalue weighted by Crippen LogP contribution is 2.51. The summed E-state index contributed by atoms with van der Waals surface area (Å²) in [5.41, 5.74) is 6.41. The molecule has 0 aromatic heterocycles. The van der Waals surface area contributed by atoms with Crippen LogP contribution in [0.5, 0.6) is 0 Å². The van der Waals surface area contributed by atoms with Gasteiger partial charge in [0.25, 0.3) is 0 Å². The highest BCUT2D eigenvalue weighted by molar-refractivity contribution is 5.87. The molecule has 0 aliphatic heterocycles. The Morgan fingerprint density at radius 1 is 1.44 bits per heavy atom. The normalized spacial score (nSPS) is 24.1. The molecule has 0 spiro atoms. The molecule has 98 valence electrons. The summed E-state index contributed by atoms with van der Waals surface area (Å²) >= 11 is 0. The SMILES string of the molecule is CC(N)(C(=O)NCC1CC1(C)C)c1ccccc1. The summed E-state index contributed by atoms with van der Waals surface area (Å²) in [4.78, 5) is 12.2. The standard InChI is InChI=1S/C15H22N2O/c1-14(2)9-12(14)10-17-13(18)15(3,16)11-7-5-4-6-8-11/h4-8,12H,9-10,16H2,1-3H3,(H,17,18). The van der Waals surface area contributed by atoms with Gasteiger partial charge < -0.3 is 11.1 Å². The Balaban J connectivity index is 1.96. The van der Waals surface area contributed by atoms with Gasteiger partial charge in [-0.2, -0.15) is 0 Å². The van der Waals surface area contributed by atoms with Crippen molar-refractivity contribution in [2.24, 2.45) is 17.1 Å². The number of rotatable bonds is 4. The fourth-order valence-corrected chi connectivity index (χ4v) is 2.24. The van der Waals surface area contributed by atoms with Gasteiger partial charge in [-0.15, -0.1) is 0 Å². The first kappa shape index (κ1) is 13.1. The number of carbonyl (C=O) groups excluding carboxylic acids is 1. The van der Waals surface area contributed by atoms with Gasteiger partial charge in [0.05, 0.1) is 0 Å². The second-order valence-electron chi connectivity index (χ2n) is 6.17. The molecule has 1 fully saturated rings. The van der Waals surface area contributed by atoms with E-state index >= 15 is 0 Å². The van der Waals surface area contributed by atoms with Gasteiger partial charge in [0.15, 0.2) is 0 Å². The van der Waals surface area contributed by atoms with E-state index in [1.165, 1.54) is 6.42 Å². The van der Waals surface area contributed by atoms with E-state index < -0.39 is 5.54 Å². The average Bonchev–Trinajstić information content (AvgIpc) is 2.95. The molecule has 3 heteroatoms. The average molecular weight is 246 g/mol. The maximum atomic E-state index is 12.2. The molecule has 0 bridgehead atoms. The van der Waals surface area contributed by atoms with Crippen LogP contribution >= 0.6 is 0 Å². The number of hydrogen-bond donors (Lipinski definition) is 2. The van der Waals surface area contributed by atoms with Crippen LogP contribution in [0.25, 0.3) is 0 Å². The molecule has 1 saturated carbocycles. The van der Waals surface area contributed by atoms with E-state index in [4.69, 9.17) is 5.73 Å². The van der Waals surface area contributed by atoms with Crippen molar-refractivity contribution in [3.63, 3.8) is 0 Å². The Hall–Kier alpha value is -1.35. The molecule has 0 heterocycles. The van der Waals surface area contributed by atoms with Gasteiger partial charge in [0, 0.05) is 6.54 Å². The van der Waals surface area contributed by atoms with E-state index in [1.54, 1.807) is 6.92 Å². The van der Waals surface area contributed by atoms with E-state index in [9.17, 15) is 4.79 Å². The second kappa shape index (κ2) is 4.39. The van der Waals surface area contributed by atoms with Crippen molar-refractivity contribution in [2.45, 2.75) is 32.7 Å². The number of nitrogens with two attached hydrogens (primary N) is 1. The van der Waals surface area contributed by atoms with Crippen molar-refractivity contribution in [3.8, 4) is 0 Å². The Labute approximate surface area is 109 Å². The van der Waals surface area contributed by atoms with Gasteiger partial charge >= 0.3 is 0 Å². The molecule has 1 amide bonds. The molecule has 2 rings (SSSR count). The van der Waals surface area contributed by atoms with Gasteiger partial charge in [-0.3, -0.25) is 4.79 Å². The van der Waals surface area contributed by atoms with Crippen LogP contribution in [-0.4, -0.2) is 12.5 Å². The Kier molecular flexibility index (Phi) is 3.20. The van der Waals surface area contributed by atoms with Crippen LogP contribution in [0, 0.1) is 11.3 Å². The summed E-state index contributed by atoms with van der Waals surface area (Å²) < 4.78 is 0. The third-order valence-electron chi connectivity index (χ3n) is 4.07. The molecule has 2 atom stereocenters. The number of amides is 1. The summed E-state index contributed by atoms with van der Waals surface area (Å²) in [5, 5.41) is 2.98. The van der Waals surface area contributed by atoms with E-state index in [1.807, 2.05) is 30.3 Å². The lowest BCUT2D eigenvalue weighted by Gasteiger charge is -2.24. The van der Waals surface area contributed by atoms with E-state index in [0.717, 1.165) is 12.1 Å². The minimum Gasteiger partial charge on any atom is -0.354 e. The summed E-state index contributed by atoms with van der Waals surface area (Å²) in [7, 11) is 0. The fourth-order valence-electron chi connectivity index (χ4n) is 2.24. The van der Waals surface area contributed by atoms with Gasteiger partial charge in [-0.1, -0.05) is 44.2 Å². The van der Waals surface area contributed by atoms with Crippen molar-refractivity contribution in [3.05, 3.63) is 35.9 Å². The molecule has 18 heavy (non-hydrogen) atoms. The fraction of sp³-hybridized carbons (Fsp3) is 0.533. The van der Waals surface area contributed by atoms with Gasteiger partial charge in [0.2, 0.25) is 5.91 Å². The zero-order valence-electron chi connectivity index (χ0n) is 11.4. The number of carbonyl (C=O) groups is 1. The predicted octanol–water partition coefficient (Wildman–Crippen LogP) is 2.02. The lowest BCUT2D eigenvalue weighted by molar-refractivity contribution is -0.126. The molecule has 0 saturated heterocycles. The second-order valence-corrected chi connectivity index (χ2v) is 6.17.